The van der Waals surface area contributed by atoms with Gasteiger partial charge in [-0.05, 0) is 74.9 Å². The first-order chi connectivity index (χ1) is 21.5. The number of hydrogen-bond donors (Lipinski definition) is 3. The SMILES string of the molecule is COCCCNC1CCC(Nc2cccc3c2cc(C#CCNc2ccc(S(C)(=O)=O)cc2OCC#N)n3CC(F)(F)F)CC1. The number of nitrogens with one attached hydrogen (secondary N) is 3. The van der Waals surface area contributed by atoms with Crippen LogP contribution in [0.2, 0.25) is 0 Å². The number of ether oxygens (including phenoxy) is 2. The third-order valence-corrected chi connectivity index (χ3v) is 8.70. The van der Waals surface area contributed by atoms with Crippen LogP contribution in [0.25, 0.3) is 10.9 Å². The Morgan fingerprint density at radius 2 is 1.82 bits per heavy atom. The van der Waals surface area contributed by atoms with Gasteiger partial charge in [-0.25, -0.2) is 8.42 Å². The molecule has 9 nitrogen and oxygen atoms in total. The number of aromatic nitrogens is 1. The lowest BCUT2D eigenvalue weighted by atomic mass is 9.91. The van der Waals surface area contributed by atoms with E-state index < -0.39 is 22.6 Å². The van der Waals surface area contributed by atoms with E-state index in [9.17, 15) is 21.6 Å². The normalized spacial score (nSPS) is 16.9. The molecule has 242 valence electrons. The fourth-order valence-electron chi connectivity index (χ4n) is 5.43. The number of fused-ring (bicyclic) bond motifs is 1. The number of hydrogen-bond acceptors (Lipinski definition) is 8. The number of halogens is 3. The zero-order chi connectivity index (χ0) is 32.5. The van der Waals surface area contributed by atoms with Gasteiger partial charge in [-0.2, -0.15) is 18.4 Å². The molecule has 0 saturated heterocycles. The summed E-state index contributed by atoms with van der Waals surface area (Å²) in [7, 11) is -1.81. The van der Waals surface area contributed by atoms with Gasteiger partial charge in [0, 0.05) is 49.2 Å². The van der Waals surface area contributed by atoms with E-state index in [1.54, 1.807) is 25.3 Å². The molecule has 2 aromatic carbocycles. The van der Waals surface area contributed by atoms with Crippen LogP contribution in [0.3, 0.4) is 0 Å². The van der Waals surface area contributed by atoms with Crippen molar-refractivity contribution < 1.29 is 31.1 Å². The minimum absolute atomic E-state index is 0.0239. The fourth-order valence-corrected chi connectivity index (χ4v) is 6.07. The number of nitriles is 1. The van der Waals surface area contributed by atoms with Crippen LogP contribution in [0.15, 0.2) is 47.4 Å². The van der Waals surface area contributed by atoms with Gasteiger partial charge in [-0.3, -0.25) is 0 Å². The maximum atomic E-state index is 13.7. The first kappa shape index (κ1) is 34.0. The molecule has 1 aliphatic carbocycles. The summed E-state index contributed by atoms with van der Waals surface area (Å²) in [6.45, 7) is 0.187. The Balaban J connectivity index is 1.51. The number of alkyl halides is 3. The zero-order valence-electron chi connectivity index (χ0n) is 25.3. The van der Waals surface area contributed by atoms with E-state index in [0.29, 0.717) is 22.6 Å². The van der Waals surface area contributed by atoms with Gasteiger partial charge in [0.1, 0.15) is 18.4 Å². The van der Waals surface area contributed by atoms with Crippen LogP contribution in [-0.4, -0.2) is 70.9 Å². The Labute approximate surface area is 262 Å². The van der Waals surface area contributed by atoms with Gasteiger partial charge in [0.05, 0.1) is 28.3 Å². The van der Waals surface area contributed by atoms with Crippen molar-refractivity contribution >= 4 is 32.1 Å². The van der Waals surface area contributed by atoms with Crippen molar-refractivity contribution in [3.63, 3.8) is 0 Å². The van der Waals surface area contributed by atoms with Crippen molar-refractivity contribution in [1.29, 1.82) is 5.26 Å². The highest BCUT2D eigenvalue weighted by Gasteiger charge is 2.30. The molecule has 1 fully saturated rings. The summed E-state index contributed by atoms with van der Waals surface area (Å²) in [5.74, 6) is 5.90. The minimum atomic E-state index is -4.45. The molecule has 0 unspecified atom stereocenters. The standard InChI is InChI=1S/C32H38F3N5O4S/c1-43-18-5-17-37-23-9-11-24(12-10-23)39-28-7-3-8-30-27(28)20-25(40(30)22-32(33,34)35)6-4-16-38-29-14-13-26(45(2,41)42)21-31(29)44-19-15-36/h3,7-8,13-14,20-21,23-24,37-39H,5,9-12,16-19,22H2,1-2H3. The highest BCUT2D eigenvalue weighted by atomic mass is 32.2. The molecule has 13 heteroatoms. The van der Waals surface area contributed by atoms with Crippen LogP contribution >= 0.6 is 0 Å². The average molecular weight is 646 g/mol. The molecule has 0 aliphatic heterocycles. The lowest BCUT2D eigenvalue weighted by Crippen LogP contribution is -2.37. The minimum Gasteiger partial charge on any atom is -0.477 e. The number of anilines is 2. The second kappa shape index (κ2) is 15.4. The molecule has 1 saturated carbocycles. The van der Waals surface area contributed by atoms with Gasteiger partial charge in [0.15, 0.2) is 16.4 Å². The molecule has 0 amide bonds. The summed E-state index contributed by atoms with van der Waals surface area (Å²) in [5.41, 5.74) is 1.83. The van der Waals surface area contributed by atoms with Crippen LogP contribution in [0.1, 0.15) is 37.8 Å². The summed E-state index contributed by atoms with van der Waals surface area (Å²) in [6, 6.07) is 13.7. The molecule has 1 heterocycles. The predicted octanol–water partition coefficient (Wildman–Crippen LogP) is 5.32. The van der Waals surface area contributed by atoms with Crippen molar-refractivity contribution in [3.8, 4) is 23.7 Å². The molecule has 1 aliphatic rings. The Hall–Kier alpha value is -3.91. The van der Waals surface area contributed by atoms with E-state index in [4.69, 9.17) is 14.7 Å². The van der Waals surface area contributed by atoms with Crippen LogP contribution in [0, 0.1) is 23.2 Å². The Morgan fingerprint density at radius 1 is 1.07 bits per heavy atom. The number of benzene rings is 2. The van der Waals surface area contributed by atoms with Crippen LogP contribution in [0.5, 0.6) is 5.75 Å². The Kier molecular flexibility index (Phi) is 11.6. The lowest BCUT2D eigenvalue weighted by molar-refractivity contribution is -0.140. The molecular weight excluding hydrogens is 607 g/mol. The second-order valence-electron chi connectivity index (χ2n) is 11.0. The van der Waals surface area contributed by atoms with Gasteiger partial charge in [-0.15, -0.1) is 0 Å². The number of nitrogens with zero attached hydrogens (tertiary/aromatic N) is 2. The Bertz CT molecular complexity index is 1660. The molecule has 0 radical (unpaired) electrons. The Morgan fingerprint density at radius 3 is 2.51 bits per heavy atom. The van der Waals surface area contributed by atoms with Crippen molar-refractivity contribution in [3.05, 3.63) is 48.2 Å². The molecule has 4 rings (SSSR count). The number of methoxy groups -OCH3 is 1. The van der Waals surface area contributed by atoms with Gasteiger partial charge < -0.3 is 30.0 Å². The highest BCUT2D eigenvalue weighted by Crippen LogP contribution is 2.32. The summed E-state index contributed by atoms with van der Waals surface area (Å²) in [5, 5.41) is 19.7. The average Bonchev–Trinajstić information content (AvgIpc) is 3.33. The van der Waals surface area contributed by atoms with Crippen LogP contribution < -0.4 is 20.7 Å². The molecule has 1 aromatic heterocycles. The van der Waals surface area contributed by atoms with Crippen molar-refractivity contribution in [2.24, 2.45) is 0 Å². The number of sulfone groups is 1. The predicted molar refractivity (Wildman–Crippen MR) is 168 cm³/mol. The van der Waals surface area contributed by atoms with E-state index in [2.05, 4.69) is 27.8 Å². The molecule has 3 N–H and O–H groups in total. The van der Waals surface area contributed by atoms with Gasteiger partial charge >= 0.3 is 6.18 Å². The molecule has 0 atom stereocenters. The largest absolute Gasteiger partial charge is 0.477 e. The zero-order valence-corrected chi connectivity index (χ0v) is 26.2. The third-order valence-electron chi connectivity index (χ3n) is 7.59. The molecule has 3 aromatic rings. The summed E-state index contributed by atoms with van der Waals surface area (Å²) >= 11 is 0. The molecular formula is C32H38F3N5O4S. The second-order valence-corrected chi connectivity index (χ2v) is 13.0. The number of rotatable bonds is 13. The summed E-state index contributed by atoms with van der Waals surface area (Å²) < 4.78 is 76.5. The van der Waals surface area contributed by atoms with E-state index in [1.165, 1.54) is 22.8 Å². The lowest BCUT2D eigenvalue weighted by Gasteiger charge is -2.30. The van der Waals surface area contributed by atoms with E-state index in [0.717, 1.165) is 57.2 Å². The van der Waals surface area contributed by atoms with Crippen molar-refractivity contribution in [2.45, 2.75) is 61.8 Å². The van der Waals surface area contributed by atoms with Gasteiger partial charge in [0.25, 0.3) is 0 Å². The van der Waals surface area contributed by atoms with Gasteiger partial charge in [-0.1, -0.05) is 12.0 Å². The van der Waals surface area contributed by atoms with Crippen LogP contribution in [0.4, 0.5) is 24.5 Å². The van der Waals surface area contributed by atoms with E-state index >= 15 is 0 Å². The monoisotopic (exact) mass is 645 g/mol. The van der Waals surface area contributed by atoms with E-state index in [-0.39, 0.29) is 35.5 Å². The quantitative estimate of drug-likeness (QED) is 0.169. The van der Waals surface area contributed by atoms with Crippen LogP contribution in [-0.2, 0) is 21.1 Å². The summed E-state index contributed by atoms with van der Waals surface area (Å²) in [4.78, 5) is 0.0239. The summed E-state index contributed by atoms with van der Waals surface area (Å²) in [6.07, 6.45) is 1.50. The first-order valence-electron chi connectivity index (χ1n) is 14.7. The topological polar surface area (TPSA) is 117 Å². The smallest absolute Gasteiger partial charge is 0.406 e. The molecule has 0 spiro atoms. The van der Waals surface area contributed by atoms with Gasteiger partial charge in [0.2, 0.25) is 0 Å². The highest BCUT2D eigenvalue weighted by molar-refractivity contribution is 7.90. The maximum absolute atomic E-state index is 13.7. The van der Waals surface area contributed by atoms with Crippen molar-refractivity contribution in [1.82, 2.24) is 9.88 Å². The first-order valence-corrected chi connectivity index (χ1v) is 16.6. The van der Waals surface area contributed by atoms with E-state index in [1.807, 2.05) is 12.1 Å². The fraction of sp³-hybridized carbons (Fsp3) is 0.469. The third kappa shape index (κ3) is 9.79. The molecule has 45 heavy (non-hydrogen) atoms. The maximum Gasteiger partial charge on any atom is 0.406 e. The van der Waals surface area contributed by atoms with Crippen molar-refractivity contribution in [2.75, 3.05) is 50.3 Å². The molecule has 0 bridgehead atoms.